The number of nitrogens with zero attached hydrogens (tertiary/aromatic N) is 3. The monoisotopic (exact) mass is 388 g/mol. The fraction of sp³-hybridized carbons (Fsp3) is 0.278. The zero-order chi connectivity index (χ0) is 19.6. The Morgan fingerprint density at radius 2 is 2.00 bits per heavy atom. The Morgan fingerprint density at radius 3 is 2.67 bits per heavy atom. The largest absolute Gasteiger partial charge is 0.360 e. The molecule has 3 aromatic rings. The van der Waals surface area contributed by atoms with Gasteiger partial charge in [0.15, 0.2) is 5.82 Å². The Morgan fingerprint density at radius 1 is 1.26 bits per heavy atom. The summed E-state index contributed by atoms with van der Waals surface area (Å²) in [6.45, 7) is 4.77. The standard InChI is InChI=1S/C18H20N4O4S/c1-12(2)22(11-17(23)20-16-10-13(3)26-21-16)27(24,25)15-8-4-6-14-7-5-9-19-18(14)15/h4-10,12H,11H2,1-3H3,(H,20,21,23). The molecule has 0 fully saturated rings. The number of benzene rings is 1. The Kier molecular flexibility index (Phi) is 5.24. The summed E-state index contributed by atoms with van der Waals surface area (Å²) in [7, 11) is -3.94. The minimum atomic E-state index is -3.94. The number of nitrogens with one attached hydrogen (secondary N) is 1. The molecule has 1 amide bonds. The van der Waals surface area contributed by atoms with E-state index in [9.17, 15) is 13.2 Å². The molecule has 0 aliphatic rings. The maximum absolute atomic E-state index is 13.3. The van der Waals surface area contributed by atoms with Gasteiger partial charge in [-0.25, -0.2) is 8.42 Å². The number of sulfonamides is 1. The van der Waals surface area contributed by atoms with Gasteiger partial charge in [-0.3, -0.25) is 9.78 Å². The maximum atomic E-state index is 13.3. The number of pyridine rings is 1. The van der Waals surface area contributed by atoms with Crippen LogP contribution in [0.25, 0.3) is 10.9 Å². The van der Waals surface area contributed by atoms with Crippen molar-refractivity contribution < 1.29 is 17.7 Å². The third kappa shape index (κ3) is 3.99. The normalized spacial score (nSPS) is 12.0. The van der Waals surface area contributed by atoms with E-state index in [4.69, 9.17) is 4.52 Å². The van der Waals surface area contributed by atoms with Crippen molar-refractivity contribution in [3.05, 3.63) is 48.4 Å². The van der Waals surface area contributed by atoms with Crippen molar-refractivity contribution >= 4 is 32.7 Å². The minimum Gasteiger partial charge on any atom is -0.360 e. The van der Waals surface area contributed by atoms with Gasteiger partial charge in [0, 0.05) is 23.7 Å². The van der Waals surface area contributed by atoms with E-state index < -0.39 is 22.0 Å². The molecule has 0 aliphatic heterocycles. The summed E-state index contributed by atoms with van der Waals surface area (Å²) in [6, 6.07) is 9.61. The summed E-state index contributed by atoms with van der Waals surface area (Å²) in [5.41, 5.74) is 0.373. The number of rotatable bonds is 6. The highest BCUT2D eigenvalue weighted by molar-refractivity contribution is 7.89. The zero-order valence-electron chi connectivity index (χ0n) is 15.2. The van der Waals surface area contributed by atoms with Crippen LogP contribution in [0.2, 0.25) is 0 Å². The molecular weight excluding hydrogens is 368 g/mol. The smallest absolute Gasteiger partial charge is 0.245 e. The molecule has 0 bridgehead atoms. The van der Waals surface area contributed by atoms with Crippen LogP contribution < -0.4 is 5.32 Å². The van der Waals surface area contributed by atoms with Crippen LogP contribution in [0, 0.1) is 6.92 Å². The van der Waals surface area contributed by atoms with E-state index in [0.717, 1.165) is 4.31 Å². The molecular formula is C18H20N4O4S. The van der Waals surface area contributed by atoms with Gasteiger partial charge in [-0.1, -0.05) is 23.4 Å². The molecule has 0 saturated carbocycles. The summed E-state index contributed by atoms with van der Waals surface area (Å²) in [5.74, 6) is 0.277. The molecule has 0 saturated heterocycles. The molecule has 27 heavy (non-hydrogen) atoms. The van der Waals surface area contributed by atoms with Crippen molar-refractivity contribution in [1.29, 1.82) is 0 Å². The van der Waals surface area contributed by atoms with E-state index in [0.29, 0.717) is 16.7 Å². The molecule has 1 N–H and O–H groups in total. The summed E-state index contributed by atoms with van der Waals surface area (Å²) in [5, 5.41) is 6.94. The van der Waals surface area contributed by atoms with Gasteiger partial charge in [0.1, 0.15) is 10.7 Å². The first kappa shape index (κ1) is 19.0. The molecule has 2 heterocycles. The fourth-order valence-corrected chi connectivity index (χ4v) is 4.47. The number of anilines is 1. The first-order valence-corrected chi connectivity index (χ1v) is 9.82. The van der Waals surface area contributed by atoms with E-state index in [1.54, 1.807) is 57.3 Å². The summed E-state index contributed by atoms with van der Waals surface area (Å²) in [4.78, 5) is 16.6. The number of carbonyl (C=O) groups excluding carboxylic acids is 1. The highest BCUT2D eigenvalue weighted by atomic mass is 32.2. The summed E-state index contributed by atoms with van der Waals surface area (Å²) in [6.07, 6.45) is 1.54. The molecule has 0 atom stereocenters. The molecule has 3 rings (SSSR count). The van der Waals surface area contributed by atoms with E-state index in [-0.39, 0.29) is 17.3 Å². The molecule has 0 aliphatic carbocycles. The predicted octanol–water partition coefficient (Wildman–Crippen LogP) is 2.57. The third-order valence-corrected chi connectivity index (χ3v) is 6.01. The number of aromatic nitrogens is 2. The molecule has 8 nitrogen and oxygen atoms in total. The molecule has 1 aromatic carbocycles. The van der Waals surface area contributed by atoms with Crippen LogP contribution in [0.4, 0.5) is 5.82 Å². The second kappa shape index (κ2) is 7.45. The van der Waals surface area contributed by atoms with Crippen molar-refractivity contribution in [2.45, 2.75) is 31.7 Å². The number of fused-ring (bicyclic) bond motifs is 1. The van der Waals surface area contributed by atoms with E-state index in [1.165, 1.54) is 6.07 Å². The Bertz CT molecular complexity index is 1070. The first-order valence-electron chi connectivity index (χ1n) is 8.38. The highest BCUT2D eigenvalue weighted by Gasteiger charge is 2.31. The predicted molar refractivity (Wildman–Crippen MR) is 101 cm³/mol. The molecule has 9 heteroatoms. The second-order valence-corrected chi connectivity index (χ2v) is 8.21. The van der Waals surface area contributed by atoms with Crippen LogP contribution in [-0.2, 0) is 14.8 Å². The fourth-order valence-electron chi connectivity index (χ4n) is 2.71. The van der Waals surface area contributed by atoms with Gasteiger partial charge in [0.25, 0.3) is 0 Å². The van der Waals surface area contributed by atoms with Crippen molar-refractivity contribution in [3.8, 4) is 0 Å². The lowest BCUT2D eigenvalue weighted by Gasteiger charge is -2.25. The van der Waals surface area contributed by atoms with Crippen molar-refractivity contribution in [2.24, 2.45) is 0 Å². The zero-order valence-corrected chi connectivity index (χ0v) is 16.0. The van der Waals surface area contributed by atoms with E-state index in [1.807, 2.05) is 0 Å². The van der Waals surface area contributed by atoms with Gasteiger partial charge >= 0.3 is 0 Å². The quantitative estimate of drug-likeness (QED) is 0.696. The number of para-hydroxylation sites is 1. The van der Waals surface area contributed by atoms with Crippen molar-refractivity contribution in [3.63, 3.8) is 0 Å². The Labute approximate surface area is 157 Å². The number of carbonyl (C=O) groups is 1. The lowest BCUT2D eigenvalue weighted by molar-refractivity contribution is -0.116. The minimum absolute atomic E-state index is 0.0689. The van der Waals surface area contributed by atoms with Gasteiger partial charge in [0.05, 0.1) is 12.1 Å². The van der Waals surface area contributed by atoms with Crippen LogP contribution in [0.5, 0.6) is 0 Å². The topological polar surface area (TPSA) is 105 Å². The maximum Gasteiger partial charge on any atom is 0.245 e. The van der Waals surface area contributed by atoms with Gasteiger partial charge in [-0.15, -0.1) is 0 Å². The lowest BCUT2D eigenvalue weighted by Crippen LogP contribution is -2.42. The number of aryl methyl sites for hydroxylation is 1. The van der Waals surface area contributed by atoms with Crippen LogP contribution >= 0.6 is 0 Å². The molecule has 0 spiro atoms. The van der Waals surface area contributed by atoms with Gasteiger partial charge in [0.2, 0.25) is 15.9 Å². The van der Waals surface area contributed by atoms with Crippen LogP contribution in [0.15, 0.2) is 52.0 Å². The van der Waals surface area contributed by atoms with Crippen LogP contribution in [0.1, 0.15) is 19.6 Å². The van der Waals surface area contributed by atoms with Crippen LogP contribution in [0.3, 0.4) is 0 Å². The highest BCUT2D eigenvalue weighted by Crippen LogP contribution is 2.25. The van der Waals surface area contributed by atoms with Crippen LogP contribution in [-0.4, -0.2) is 41.4 Å². The summed E-state index contributed by atoms with van der Waals surface area (Å²) < 4.78 is 32.5. The molecule has 142 valence electrons. The van der Waals surface area contributed by atoms with E-state index in [2.05, 4.69) is 15.5 Å². The van der Waals surface area contributed by atoms with Gasteiger partial charge < -0.3 is 9.84 Å². The number of hydrogen-bond acceptors (Lipinski definition) is 6. The summed E-state index contributed by atoms with van der Waals surface area (Å²) >= 11 is 0. The molecule has 2 aromatic heterocycles. The number of amides is 1. The van der Waals surface area contributed by atoms with Crippen molar-refractivity contribution in [2.75, 3.05) is 11.9 Å². The Hall–Kier alpha value is -2.78. The lowest BCUT2D eigenvalue weighted by atomic mass is 10.2. The molecule has 0 unspecified atom stereocenters. The van der Waals surface area contributed by atoms with E-state index >= 15 is 0 Å². The second-order valence-electron chi connectivity index (χ2n) is 6.35. The average Bonchev–Trinajstić information content (AvgIpc) is 3.03. The SMILES string of the molecule is Cc1cc(NC(=O)CN(C(C)C)S(=O)(=O)c2cccc3cccnc23)no1. The van der Waals surface area contributed by atoms with Gasteiger partial charge in [-0.2, -0.15) is 4.31 Å². The first-order chi connectivity index (χ1) is 12.8. The molecule has 0 radical (unpaired) electrons. The van der Waals surface area contributed by atoms with Gasteiger partial charge in [-0.05, 0) is 32.9 Å². The third-order valence-electron chi connectivity index (χ3n) is 3.95. The average molecular weight is 388 g/mol. The number of hydrogen-bond donors (Lipinski definition) is 1. The Balaban J connectivity index is 1.92. The van der Waals surface area contributed by atoms with Crippen molar-refractivity contribution in [1.82, 2.24) is 14.4 Å².